The Labute approximate surface area is 274 Å². The molecule has 9 nitrogen and oxygen atoms in total. The topological polar surface area (TPSA) is 98.6 Å². The number of likely N-dealkylation sites (tertiary alicyclic amines) is 1. The van der Waals surface area contributed by atoms with Crippen molar-refractivity contribution in [2.45, 2.75) is 51.1 Å². The Bertz CT molecular complexity index is 2020. The molecule has 9 rings (SSSR count). The summed E-state index contributed by atoms with van der Waals surface area (Å²) in [5.74, 6) is 2.16. The molecule has 9 heteroatoms. The first-order valence-corrected chi connectivity index (χ1v) is 17.0. The van der Waals surface area contributed by atoms with Crippen LogP contribution in [0.5, 0.6) is 5.75 Å². The van der Waals surface area contributed by atoms with E-state index in [0.717, 1.165) is 108 Å². The average Bonchev–Trinajstić information content (AvgIpc) is 3.63. The first kappa shape index (κ1) is 29.8. The molecule has 0 spiro atoms. The Hall–Kier alpha value is -4.63. The van der Waals surface area contributed by atoms with Gasteiger partial charge < -0.3 is 29.4 Å². The van der Waals surface area contributed by atoms with Crippen LogP contribution >= 0.6 is 0 Å². The number of fused-ring (bicyclic) bond motifs is 5. The molecule has 3 aromatic carbocycles. The van der Waals surface area contributed by atoms with E-state index in [0.29, 0.717) is 30.3 Å². The normalized spacial score (nSPS) is 19.0. The van der Waals surface area contributed by atoms with Gasteiger partial charge in [-0.05, 0) is 85.9 Å². The Balaban J connectivity index is 1.26. The van der Waals surface area contributed by atoms with E-state index in [-0.39, 0.29) is 17.9 Å². The number of rotatable bonds is 3. The number of hydrogen-bond acceptors (Lipinski definition) is 5. The molecule has 0 saturated carbocycles. The third-order valence-electron chi connectivity index (χ3n) is 10.6. The lowest BCUT2D eigenvalue weighted by atomic mass is 9.91. The zero-order chi connectivity index (χ0) is 32.2. The Morgan fingerprint density at radius 3 is 2.49 bits per heavy atom. The summed E-state index contributed by atoms with van der Waals surface area (Å²) in [5.41, 5.74) is 13.3. The average molecular weight is 631 g/mol. The van der Waals surface area contributed by atoms with Crippen LogP contribution in [0.1, 0.15) is 59.2 Å². The van der Waals surface area contributed by atoms with E-state index in [1.165, 1.54) is 0 Å². The van der Waals surface area contributed by atoms with Crippen molar-refractivity contribution in [1.29, 1.82) is 0 Å². The van der Waals surface area contributed by atoms with Crippen LogP contribution in [0.15, 0.2) is 60.7 Å². The minimum Gasteiger partial charge on any atom is -0.494 e. The molecule has 2 saturated heterocycles. The fourth-order valence-electron chi connectivity index (χ4n) is 8.10. The molecule has 0 aliphatic carbocycles. The molecule has 47 heavy (non-hydrogen) atoms. The third kappa shape index (κ3) is 5.17. The number of aromatic nitrogens is 3. The number of hydrogen-bond donors (Lipinski definition) is 1. The van der Waals surface area contributed by atoms with E-state index in [1.54, 1.807) is 7.11 Å². The molecular weight excluding hydrogens is 588 g/mol. The van der Waals surface area contributed by atoms with Gasteiger partial charge in [0, 0.05) is 67.8 Å². The first-order valence-electron chi connectivity index (χ1n) is 17.0. The van der Waals surface area contributed by atoms with Gasteiger partial charge in [-0.2, -0.15) is 0 Å². The minimum atomic E-state index is -0.0352. The minimum absolute atomic E-state index is 0.00632. The summed E-state index contributed by atoms with van der Waals surface area (Å²) in [6.07, 6.45) is 6.10. The van der Waals surface area contributed by atoms with Crippen LogP contribution in [0.3, 0.4) is 0 Å². The molecule has 5 aromatic rings. The smallest absolute Gasteiger partial charge is 0.254 e. The second-order valence-corrected chi connectivity index (χ2v) is 13.6. The highest BCUT2D eigenvalue weighted by Crippen LogP contribution is 2.37. The van der Waals surface area contributed by atoms with Crippen LogP contribution in [-0.4, -0.2) is 75.1 Å². The summed E-state index contributed by atoms with van der Waals surface area (Å²) >= 11 is 0. The Morgan fingerprint density at radius 2 is 1.70 bits per heavy atom. The van der Waals surface area contributed by atoms with Crippen LogP contribution in [0.4, 0.5) is 0 Å². The van der Waals surface area contributed by atoms with Crippen LogP contribution in [0.25, 0.3) is 44.6 Å². The number of nitrogens with zero attached hydrogens (tertiary/aromatic N) is 5. The highest BCUT2D eigenvalue weighted by atomic mass is 16.5. The summed E-state index contributed by atoms with van der Waals surface area (Å²) in [6.45, 7) is 3.76. The summed E-state index contributed by atoms with van der Waals surface area (Å²) < 4.78 is 10.4. The number of piperidine rings is 2. The molecule has 2 amide bonds. The van der Waals surface area contributed by atoms with E-state index in [9.17, 15) is 9.59 Å². The van der Waals surface area contributed by atoms with Gasteiger partial charge in [0.25, 0.3) is 11.8 Å². The van der Waals surface area contributed by atoms with Gasteiger partial charge in [-0.3, -0.25) is 9.59 Å². The van der Waals surface area contributed by atoms with Crippen molar-refractivity contribution in [1.82, 2.24) is 23.9 Å². The van der Waals surface area contributed by atoms with Crippen LogP contribution in [0, 0.1) is 5.92 Å². The highest BCUT2D eigenvalue weighted by molar-refractivity contribution is 6.03. The molecule has 242 valence electrons. The number of benzene rings is 3. The summed E-state index contributed by atoms with van der Waals surface area (Å²) in [4.78, 5) is 36.4. The van der Waals surface area contributed by atoms with Crippen molar-refractivity contribution in [2.75, 3.05) is 33.3 Å². The lowest BCUT2D eigenvalue weighted by Crippen LogP contribution is -2.45. The maximum absolute atomic E-state index is 13.7. The van der Waals surface area contributed by atoms with Crippen molar-refractivity contribution >= 4 is 33.8 Å². The molecule has 1 atom stereocenters. The second kappa shape index (κ2) is 11.9. The number of ether oxygens (including phenoxy) is 1. The standard InChI is InChI=1S/C38H42N6O3/c1-41-35-31(19-27(22-34(35)47-2)37(45)43-15-6-8-28(39)23-43)40-36(41)33-21-26-12-11-25-20-32(26)44(33)16-5-7-24-13-17-42(18-14-24)38(46)30-10-4-3-9-29(25)30/h3-4,9-12,19-22,24,28H,5-8,13-18,23,39H2,1-2H3/t28-/m1/s1. The molecular formula is C38H42N6O3. The zero-order valence-corrected chi connectivity index (χ0v) is 27.2. The van der Waals surface area contributed by atoms with Crippen molar-refractivity contribution in [3.05, 3.63) is 71.8 Å². The lowest BCUT2D eigenvalue weighted by Gasteiger charge is -2.33. The summed E-state index contributed by atoms with van der Waals surface area (Å²) in [7, 11) is 3.67. The fraction of sp³-hybridized carbons (Fsp3) is 0.395. The monoisotopic (exact) mass is 630 g/mol. The van der Waals surface area contributed by atoms with Gasteiger partial charge in [-0.15, -0.1) is 0 Å². The molecule has 4 bridgehead atoms. The number of aryl methyl sites for hydroxylation is 2. The Morgan fingerprint density at radius 1 is 0.915 bits per heavy atom. The number of nitrogens with two attached hydrogens (primary N) is 1. The predicted molar refractivity (Wildman–Crippen MR) is 185 cm³/mol. The predicted octanol–water partition coefficient (Wildman–Crippen LogP) is 6.08. The van der Waals surface area contributed by atoms with E-state index in [1.807, 2.05) is 47.2 Å². The van der Waals surface area contributed by atoms with Crippen molar-refractivity contribution in [3.63, 3.8) is 0 Å². The number of methoxy groups -OCH3 is 1. The Kier molecular flexibility index (Phi) is 7.51. The van der Waals surface area contributed by atoms with Crippen LogP contribution in [0.2, 0.25) is 0 Å². The molecule has 6 heterocycles. The molecule has 4 aliphatic heterocycles. The lowest BCUT2D eigenvalue weighted by molar-refractivity contribution is 0.0684. The molecule has 4 aliphatic rings. The second-order valence-electron chi connectivity index (χ2n) is 13.6. The van der Waals surface area contributed by atoms with Gasteiger partial charge in [0.1, 0.15) is 11.3 Å². The third-order valence-corrected chi connectivity index (χ3v) is 10.6. The van der Waals surface area contributed by atoms with Gasteiger partial charge >= 0.3 is 0 Å². The van der Waals surface area contributed by atoms with Gasteiger partial charge in [0.05, 0.1) is 18.3 Å². The van der Waals surface area contributed by atoms with E-state index < -0.39 is 0 Å². The number of carbonyl (C=O) groups is 2. The van der Waals surface area contributed by atoms with E-state index in [4.69, 9.17) is 15.5 Å². The van der Waals surface area contributed by atoms with Crippen molar-refractivity contribution in [2.24, 2.45) is 18.7 Å². The van der Waals surface area contributed by atoms with E-state index >= 15 is 0 Å². The maximum Gasteiger partial charge on any atom is 0.254 e. The quantitative estimate of drug-likeness (QED) is 0.261. The molecule has 2 fully saturated rings. The summed E-state index contributed by atoms with van der Waals surface area (Å²) in [5, 5.41) is 1.13. The molecule has 0 radical (unpaired) electrons. The van der Waals surface area contributed by atoms with Gasteiger partial charge in [-0.25, -0.2) is 4.98 Å². The first-order chi connectivity index (χ1) is 22.9. The van der Waals surface area contributed by atoms with Crippen LogP contribution in [-0.2, 0) is 13.6 Å². The largest absolute Gasteiger partial charge is 0.494 e. The molecule has 2 N–H and O–H groups in total. The summed E-state index contributed by atoms with van der Waals surface area (Å²) in [6, 6.07) is 20.5. The van der Waals surface area contributed by atoms with Crippen molar-refractivity contribution < 1.29 is 14.3 Å². The highest BCUT2D eigenvalue weighted by Gasteiger charge is 2.28. The SMILES string of the molecule is COc1cc(C(=O)N2CCC[C@@H](N)C2)cc2nc(-c3cc4ccc5cc4n3CCCC3CCN(CC3)C(=O)c3ccccc3-5)n(C)c12. The van der Waals surface area contributed by atoms with Crippen molar-refractivity contribution in [3.8, 4) is 28.4 Å². The molecule has 0 unspecified atom stereocenters. The van der Waals surface area contributed by atoms with Gasteiger partial charge in [0.15, 0.2) is 5.82 Å². The number of imidazole rings is 1. The van der Waals surface area contributed by atoms with Crippen LogP contribution < -0.4 is 10.5 Å². The fourth-order valence-corrected chi connectivity index (χ4v) is 8.10. The zero-order valence-electron chi connectivity index (χ0n) is 27.2. The number of carbonyl (C=O) groups excluding carboxylic acids is 2. The molecule has 2 aromatic heterocycles. The van der Waals surface area contributed by atoms with Gasteiger partial charge in [-0.1, -0.05) is 30.3 Å². The number of amides is 2. The maximum atomic E-state index is 13.7. The van der Waals surface area contributed by atoms with E-state index in [2.05, 4.69) is 39.5 Å². The van der Waals surface area contributed by atoms with Gasteiger partial charge in [0.2, 0.25) is 0 Å².